The van der Waals surface area contributed by atoms with E-state index in [-0.39, 0.29) is 0 Å². The molecule has 1 N–H and O–H groups in total. The number of hydrogen-bond donors (Lipinski definition) is 1. The molecule has 0 saturated heterocycles. The molecule has 0 radical (unpaired) electrons. The van der Waals surface area contributed by atoms with Crippen LogP contribution >= 0.6 is 0 Å². The summed E-state index contributed by atoms with van der Waals surface area (Å²) >= 11 is 0. The molecule has 0 spiro atoms. The third-order valence-electron chi connectivity index (χ3n) is 2.04. The lowest BCUT2D eigenvalue weighted by atomic mass is 10.2. The van der Waals surface area contributed by atoms with Crippen LogP contribution in [0, 0.1) is 6.92 Å². The number of pyridine rings is 1. The zero-order valence-electron chi connectivity index (χ0n) is 8.24. The lowest BCUT2D eigenvalue weighted by molar-refractivity contribution is 0.398. The fourth-order valence-electron chi connectivity index (χ4n) is 1.33. The first-order chi connectivity index (χ1) is 6.79. The minimum absolute atomic E-state index is 0.634. The van der Waals surface area contributed by atoms with Gasteiger partial charge in [0.15, 0.2) is 0 Å². The number of aromatic amines is 1. The van der Waals surface area contributed by atoms with Gasteiger partial charge in [-0.2, -0.15) is 0 Å². The molecule has 0 atom stereocenters. The molecule has 2 aromatic heterocycles. The second-order valence-electron chi connectivity index (χ2n) is 3.16. The summed E-state index contributed by atoms with van der Waals surface area (Å²) in [5.74, 6) is 0.634. The van der Waals surface area contributed by atoms with Crippen molar-refractivity contribution in [3.63, 3.8) is 0 Å². The Labute approximate surface area is 82.8 Å². The SMILES string of the molecule is COc1cccc(-c2cc(C)c[nH]2)n1. The highest BCUT2D eigenvalue weighted by Crippen LogP contribution is 2.18. The van der Waals surface area contributed by atoms with Gasteiger partial charge in [0.2, 0.25) is 5.88 Å². The molecule has 72 valence electrons. The smallest absolute Gasteiger partial charge is 0.213 e. The molecule has 3 heteroatoms. The predicted molar refractivity (Wildman–Crippen MR) is 55.3 cm³/mol. The highest BCUT2D eigenvalue weighted by molar-refractivity contribution is 5.56. The molecule has 0 aromatic carbocycles. The fourth-order valence-corrected chi connectivity index (χ4v) is 1.33. The zero-order valence-corrected chi connectivity index (χ0v) is 8.24. The van der Waals surface area contributed by atoms with Crippen LogP contribution in [-0.2, 0) is 0 Å². The Morgan fingerprint density at radius 2 is 2.21 bits per heavy atom. The first kappa shape index (κ1) is 8.81. The molecule has 0 bridgehead atoms. The molecule has 0 aliphatic rings. The van der Waals surface area contributed by atoms with Crippen molar-refractivity contribution >= 4 is 0 Å². The molecule has 2 aromatic rings. The van der Waals surface area contributed by atoms with Gasteiger partial charge in [-0.1, -0.05) is 6.07 Å². The maximum absolute atomic E-state index is 5.06. The van der Waals surface area contributed by atoms with Gasteiger partial charge in [0.25, 0.3) is 0 Å². The summed E-state index contributed by atoms with van der Waals surface area (Å²) < 4.78 is 5.06. The third-order valence-corrected chi connectivity index (χ3v) is 2.04. The second-order valence-corrected chi connectivity index (χ2v) is 3.16. The molecule has 3 nitrogen and oxygen atoms in total. The highest BCUT2D eigenvalue weighted by atomic mass is 16.5. The lowest BCUT2D eigenvalue weighted by Crippen LogP contribution is -1.89. The van der Waals surface area contributed by atoms with Crippen LogP contribution in [0.25, 0.3) is 11.4 Å². The van der Waals surface area contributed by atoms with Gasteiger partial charge in [0.1, 0.15) is 0 Å². The van der Waals surface area contributed by atoms with E-state index in [0.717, 1.165) is 11.4 Å². The molecule has 14 heavy (non-hydrogen) atoms. The monoisotopic (exact) mass is 188 g/mol. The van der Waals surface area contributed by atoms with E-state index < -0.39 is 0 Å². The summed E-state index contributed by atoms with van der Waals surface area (Å²) in [6.07, 6.45) is 1.95. The summed E-state index contributed by atoms with van der Waals surface area (Å²) in [6.45, 7) is 2.04. The first-order valence-electron chi connectivity index (χ1n) is 4.46. The summed E-state index contributed by atoms with van der Waals surface area (Å²) in [4.78, 5) is 7.48. The normalized spacial score (nSPS) is 10.1. The van der Waals surface area contributed by atoms with E-state index in [1.807, 2.05) is 31.3 Å². The Kier molecular flexibility index (Phi) is 2.23. The van der Waals surface area contributed by atoms with E-state index >= 15 is 0 Å². The molecule has 0 aliphatic carbocycles. The van der Waals surface area contributed by atoms with Crippen LogP contribution in [0.2, 0.25) is 0 Å². The van der Waals surface area contributed by atoms with Gasteiger partial charge < -0.3 is 9.72 Å². The number of rotatable bonds is 2. The van der Waals surface area contributed by atoms with Crippen LogP contribution in [0.3, 0.4) is 0 Å². The highest BCUT2D eigenvalue weighted by Gasteiger charge is 2.02. The number of nitrogens with zero attached hydrogens (tertiary/aromatic N) is 1. The summed E-state index contributed by atoms with van der Waals surface area (Å²) in [7, 11) is 1.62. The van der Waals surface area contributed by atoms with Crippen LogP contribution in [0.5, 0.6) is 5.88 Å². The molecule has 0 saturated carbocycles. The average molecular weight is 188 g/mol. The Bertz CT molecular complexity index is 434. The quantitative estimate of drug-likeness (QED) is 0.785. The van der Waals surface area contributed by atoms with Crippen LogP contribution in [-0.4, -0.2) is 17.1 Å². The summed E-state index contributed by atoms with van der Waals surface area (Å²) in [5.41, 5.74) is 3.11. The van der Waals surface area contributed by atoms with Gasteiger partial charge >= 0.3 is 0 Å². The molecule has 2 rings (SSSR count). The molecule has 2 heterocycles. The largest absolute Gasteiger partial charge is 0.481 e. The summed E-state index contributed by atoms with van der Waals surface area (Å²) in [5, 5.41) is 0. The van der Waals surface area contributed by atoms with Gasteiger partial charge in [0.05, 0.1) is 18.5 Å². The van der Waals surface area contributed by atoms with Crippen molar-refractivity contribution < 1.29 is 4.74 Å². The molecular formula is C11H12N2O. The van der Waals surface area contributed by atoms with E-state index in [4.69, 9.17) is 4.74 Å². The molecule has 0 aliphatic heterocycles. The van der Waals surface area contributed by atoms with Crippen LogP contribution in [0.15, 0.2) is 30.5 Å². The van der Waals surface area contributed by atoms with E-state index in [0.29, 0.717) is 5.88 Å². The minimum atomic E-state index is 0.634. The first-order valence-corrected chi connectivity index (χ1v) is 4.46. The Balaban J connectivity index is 2.41. The zero-order chi connectivity index (χ0) is 9.97. The van der Waals surface area contributed by atoms with Crippen LogP contribution in [0.1, 0.15) is 5.56 Å². The van der Waals surface area contributed by atoms with E-state index in [1.165, 1.54) is 5.56 Å². The average Bonchev–Trinajstić information content (AvgIpc) is 2.65. The lowest BCUT2D eigenvalue weighted by Gasteiger charge is -2.00. The number of hydrogen-bond acceptors (Lipinski definition) is 2. The van der Waals surface area contributed by atoms with Gasteiger partial charge in [-0.25, -0.2) is 4.98 Å². The van der Waals surface area contributed by atoms with Crippen molar-refractivity contribution in [3.8, 4) is 17.3 Å². The third kappa shape index (κ3) is 1.62. The van der Waals surface area contributed by atoms with Gasteiger partial charge in [-0.05, 0) is 24.6 Å². The van der Waals surface area contributed by atoms with E-state index in [1.54, 1.807) is 7.11 Å². The number of aromatic nitrogens is 2. The molecule has 0 unspecified atom stereocenters. The summed E-state index contributed by atoms with van der Waals surface area (Å²) in [6, 6.07) is 7.77. The van der Waals surface area contributed by atoms with Crippen molar-refractivity contribution in [2.24, 2.45) is 0 Å². The second kappa shape index (κ2) is 3.54. The standard InChI is InChI=1S/C11H12N2O/c1-8-6-10(12-7-8)9-4-3-5-11(13-9)14-2/h3-7,12H,1-2H3. The van der Waals surface area contributed by atoms with Crippen molar-refractivity contribution in [1.29, 1.82) is 0 Å². The number of H-pyrrole nitrogens is 1. The maximum Gasteiger partial charge on any atom is 0.213 e. The number of methoxy groups -OCH3 is 1. The Hall–Kier alpha value is -1.77. The maximum atomic E-state index is 5.06. The predicted octanol–water partition coefficient (Wildman–Crippen LogP) is 2.39. The van der Waals surface area contributed by atoms with E-state index in [9.17, 15) is 0 Å². The number of ether oxygens (including phenoxy) is 1. The van der Waals surface area contributed by atoms with Gasteiger partial charge in [0, 0.05) is 12.3 Å². The van der Waals surface area contributed by atoms with Gasteiger partial charge in [-0.3, -0.25) is 0 Å². The topological polar surface area (TPSA) is 37.9 Å². The minimum Gasteiger partial charge on any atom is -0.481 e. The van der Waals surface area contributed by atoms with Crippen molar-refractivity contribution in [1.82, 2.24) is 9.97 Å². The van der Waals surface area contributed by atoms with Crippen molar-refractivity contribution in [3.05, 3.63) is 36.0 Å². The number of aryl methyl sites for hydroxylation is 1. The van der Waals surface area contributed by atoms with Gasteiger partial charge in [-0.15, -0.1) is 0 Å². The van der Waals surface area contributed by atoms with Crippen molar-refractivity contribution in [2.75, 3.05) is 7.11 Å². The number of nitrogens with one attached hydrogen (secondary N) is 1. The Morgan fingerprint density at radius 1 is 1.36 bits per heavy atom. The van der Waals surface area contributed by atoms with E-state index in [2.05, 4.69) is 16.0 Å². The molecule has 0 amide bonds. The fraction of sp³-hybridized carbons (Fsp3) is 0.182. The van der Waals surface area contributed by atoms with Crippen LogP contribution in [0.4, 0.5) is 0 Å². The Morgan fingerprint density at radius 3 is 2.86 bits per heavy atom. The molecular weight excluding hydrogens is 176 g/mol. The van der Waals surface area contributed by atoms with Crippen molar-refractivity contribution in [2.45, 2.75) is 6.92 Å². The van der Waals surface area contributed by atoms with Crippen LogP contribution < -0.4 is 4.74 Å². The molecule has 0 fully saturated rings.